The average Bonchev–Trinajstić information content (AvgIpc) is 3.25. The van der Waals surface area contributed by atoms with Gasteiger partial charge in [0.15, 0.2) is 5.69 Å². The van der Waals surface area contributed by atoms with Crippen molar-refractivity contribution >= 4 is 23.2 Å². The molecule has 2 amide bonds. The number of amides is 2. The van der Waals surface area contributed by atoms with E-state index in [0.717, 1.165) is 11.1 Å². The van der Waals surface area contributed by atoms with Crippen LogP contribution >= 0.6 is 0 Å². The van der Waals surface area contributed by atoms with Crippen molar-refractivity contribution in [1.82, 2.24) is 15.1 Å². The highest BCUT2D eigenvalue weighted by atomic mass is 19.1. The first-order valence-corrected chi connectivity index (χ1v) is 11.9. The van der Waals surface area contributed by atoms with E-state index >= 15 is 0 Å². The van der Waals surface area contributed by atoms with Crippen molar-refractivity contribution in [3.63, 3.8) is 0 Å². The fourth-order valence-corrected chi connectivity index (χ4v) is 4.57. The number of hydrogen-bond donors (Lipinski definition) is 2. The number of aliphatic imine (C=N–C) groups is 1. The molecule has 0 unspecified atom stereocenters. The molecule has 1 atom stereocenters. The van der Waals surface area contributed by atoms with Gasteiger partial charge in [-0.1, -0.05) is 66.7 Å². The van der Waals surface area contributed by atoms with Gasteiger partial charge in [0.05, 0.1) is 23.6 Å². The lowest BCUT2D eigenvalue weighted by Crippen LogP contribution is -2.42. The lowest BCUT2D eigenvalue weighted by atomic mass is 10.0. The first-order valence-electron chi connectivity index (χ1n) is 11.9. The van der Waals surface area contributed by atoms with Crippen molar-refractivity contribution in [1.29, 1.82) is 0 Å². The lowest BCUT2D eigenvalue weighted by Gasteiger charge is -2.16. The van der Waals surface area contributed by atoms with Crippen LogP contribution in [0.15, 0.2) is 83.9 Å². The monoisotopic (exact) mass is 495 g/mol. The molecule has 3 heterocycles. The van der Waals surface area contributed by atoms with E-state index in [2.05, 4.69) is 20.7 Å². The van der Waals surface area contributed by atoms with Gasteiger partial charge in [-0.15, -0.1) is 0 Å². The summed E-state index contributed by atoms with van der Waals surface area (Å²) in [6.07, 6.45) is -0.538. The summed E-state index contributed by atoms with van der Waals surface area (Å²) in [5, 5.41) is 9.99. The van der Waals surface area contributed by atoms with Crippen LogP contribution < -0.4 is 15.4 Å². The molecule has 2 aliphatic rings. The minimum absolute atomic E-state index is 0.0342. The summed E-state index contributed by atoms with van der Waals surface area (Å²) in [5.74, 6) is -1.34. The molecule has 2 aliphatic heterocycles. The maximum Gasteiger partial charge on any atom is 0.274 e. The number of benzene rings is 3. The molecule has 8 nitrogen and oxygen atoms in total. The number of carbonyl (C=O) groups is 2. The Morgan fingerprint density at radius 1 is 1.00 bits per heavy atom. The first-order chi connectivity index (χ1) is 18.1. The molecule has 6 rings (SSSR count). The van der Waals surface area contributed by atoms with Crippen molar-refractivity contribution in [2.24, 2.45) is 4.99 Å². The van der Waals surface area contributed by atoms with Crippen molar-refractivity contribution < 1.29 is 18.7 Å². The first kappa shape index (κ1) is 22.7. The highest BCUT2D eigenvalue weighted by Gasteiger charge is 2.32. The van der Waals surface area contributed by atoms with Gasteiger partial charge in [-0.2, -0.15) is 5.10 Å². The highest BCUT2D eigenvalue weighted by molar-refractivity contribution is 6.20. The Kier molecular flexibility index (Phi) is 5.72. The van der Waals surface area contributed by atoms with Crippen molar-refractivity contribution in [2.75, 3.05) is 11.9 Å². The summed E-state index contributed by atoms with van der Waals surface area (Å²) in [5.41, 5.74) is 3.08. The molecule has 0 saturated heterocycles. The van der Waals surface area contributed by atoms with E-state index in [-0.39, 0.29) is 16.8 Å². The van der Waals surface area contributed by atoms with Gasteiger partial charge in [0.2, 0.25) is 12.0 Å². The van der Waals surface area contributed by atoms with Gasteiger partial charge >= 0.3 is 0 Å². The summed E-state index contributed by atoms with van der Waals surface area (Å²) in [7, 11) is 0. The number of ether oxygens (including phenoxy) is 1. The number of aryl methyl sites for hydroxylation is 1. The molecule has 1 aromatic heterocycles. The van der Waals surface area contributed by atoms with Gasteiger partial charge < -0.3 is 15.4 Å². The van der Waals surface area contributed by atoms with Crippen LogP contribution in [-0.4, -0.2) is 40.1 Å². The fraction of sp³-hybridized carbons (Fsp3) is 0.143. The maximum atomic E-state index is 14.8. The van der Waals surface area contributed by atoms with Crippen LogP contribution in [0, 0.1) is 5.82 Å². The number of fused-ring (bicyclic) bond motifs is 2. The van der Waals surface area contributed by atoms with Crippen molar-refractivity contribution in [2.45, 2.75) is 19.1 Å². The van der Waals surface area contributed by atoms with Crippen LogP contribution in [0.3, 0.4) is 0 Å². The highest BCUT2D eigenvalue weighted by Crippen LogP contribution is 2.37. The van der Waals surface area contributed by atoms with E-state index in [0.29, 0.717) is 36.9 Å². The second-order valence-electron chi connectivity index (χ2n) is 8.69. The molecule has 0 spiro atoms. The summed E-state index contributed by atoms with van der Waals surface area (Å²) in [4.78, 5) is 31.4. The summed E-state index contributed by atoms with van der Waals surface area (Å²) in [6.45, 7) is 0.960. The zero-order valence-corrected chi connectivity index (χ0v) is 19.6. The van der Waals surface area contributed by atoms with Gasteiger partial charge in [-0.3, -0.25) is 9.59 Å². The molecule has 4 aromatic rings. The SMILES string of the molecule is O=C(N[C@H]1N=C(c2ccccc2)c2ccccc2NC1=O)c1nn2c(c1-c1ccccc1F)OCCC2. The zero-order valence-electron chi connectivity index (χ0n) is 19.6. The number of anilines is 1. The standard InChI is InChI=1S/C28H22FN5O3/c29-20-13-6-4-11-18(20)22-24(33-34-15-8-16-37-28(22)34)26(35)32-25-27(36)30-21-14-7-5-12-19(21)23(31-25)17-9-2-1-3-10-17/h1-7,9-14,25H,8,15-16H2,(H,30,36)(H,32,35)/t25-/m1/s1. The second kappa shape index (κ2) is 9.34. The molecule has 0 bridgehead atoms. The predicted molar refractivity (Wildman–Crippen MR) is 136 cm³/mol. The molecular formula is C28H22FN5O3. The zero-order chi connectivity index (χ0) is 25.4. The summed E-state index contributed by atoms with van der Waals surface area (Å²) in [6, 6.07) is 22.9. The third kappa shape index (κ3) is 4.14. The smallest absolute Gasteiger partial charge is 0.274 e. The largest absolute Gasteiger partial charge is 0.477 e. The topological polar surface area (TPSA) is 97.6 Å². The third-order valence-corrected chi connectivity index (χ3v) is 6.28. The maximum absolute atomic E-state index is 14.8. The fourth-order valence-electron chi connectivity index (χ4n) is 4.57. The number of nitrogens with one attached hydrogen (secondary N) is 2. The van der Waals surface area contributed by atoms with Crippen LogP contribution in [0.2, 0.25) is 0 Å². The summed E-state index contributed by atoms with van der Waals surface area (Å²) < 4.78 is 22.2. The molecule has 0 saturated carbocycles. The quantitative estimate of drug-likeness (QED) is 0.447. The van der Waals surface area contributed by atoms with Crippen molar-refractivity contribution in [3.8, 4) is 17.0 Å². The number of benzodiazepines with no additional fused rings is 1. The summed E-state index contributed by atoms with van der Waals surface area (Å²) >= 11 is 0. The number of para-hydroxylation sites is 1. The van der Waals surface area contributed by atoms with E-state index in [4.69, 9.17) is 4.74 Å². The number of nitrogens with zero attached hydrogens (tertiary/aromatic N) is 3. The Bertz CT molecular complexity index is 1550. The lowest BCUT2D eigenvalue weighted by molar-refractivity contribution is -0.117. The molecular weight excluding hydrogens is 473 g/mol. The Morgan fingerprint density at radius 3 is 2.54 bits per heavy atom. The Labute approximate surface area is 211 Å². The minimum atomic E-state index is -1.25. The van der Waals surface area contributed by atoms with Crippen molar-refractivity contribution in [3.05, 3.63) is 102 Å². The molecule has 0 fully saturated rings. The van der Waals surface area contributed by atoms with Crippen LogP contribution in [0.25, 0.3) is 11.1 Å². The second-order valence-corrected chi connectivity index (χ2v) is 8.69. The third-order valence-electron chi connectivity index (χ3n) is 6.28. The molecule has 0 radical (unpaired) electrons. The van der Waals surface area contributed by atoms with Gasteiger partial charge in [0, 0.05) is 29.7 Å². The van der Waals surface area contributed by atoms with Crippen LogP contribution in [-0.2, 0) is 11.3 Å². The number of carbonyl (C=O) groups excluding carboxylic acids is 2. The number of halogens is 1. The van der Waals surface area contributed by atoms with Crippen LogP contribution in [0.4, 0.5) is 10.1 Å². The van der Waals surface area contributed by atoms with Crippen LogP contribution in [0.5, 0.6) is 5.88 Å². The molecule has 2 N–H and O–H groups in total. The number of hydrogen-bond acceptors (Lipinski definition) is 5. The van der Waals surface area contributed by atoms with Gasteiger partial charge in [-0.25, -0.2) is 14.1 Å². The Morgan fingerprint density at radius 2 is 1.73 bits per heavy atom. The minimum Gasteiger partial charge on any atom is -0.477 e. The van der Waals surface area contributed by atoms with Crippen LogP contribution in [0.1, 0.15) is 28.0 Å². The molecule has 3 aromatic carbocycles. The predicted octanol–water partition coefficient (Wildman–Crippen LogP) is 4.02. The molecule has 184 valence electrons. The van der Waals surface area contributed by atoms with E-state index in [1.165, 1.54) is 6.07 Å². The molecule has 9 heteroatoms. The van der Waals surface area contributed by atoms with Gasteiger partial charge in [0.1, 0.15) is 5.82 Å². The number of rotatable bonds is 4. The van der Waals surface area contributed by atoms with Gasteiger partial charge in [-0.05, 0) is 12.1 Å². The van der Waals surface area contributed by atoms with E-state index in [1.54, 1.807) is 28.9 Å². The number of aromatic nitrogens is 2. The average molecular weight is 496 g/mol. The Balaban J connectivity index is 1.42. The van der Waals surface area contributed by atoms with Gasteiger partial charge in [0.25, 0.3) is 11.8 Å². The Hall–Kier alpha value is -4.79. The molecule has 0 aliphatic carbocycles. The molecule has 37 heavy (non-hydrogen) atoms. The van der Waals surface area contributed by atoms with E-state index in [1.807, 2.05) is 48.5 Å². The normalized spacial score (nSPS) is 16.4. The van der Waals surface area contributed by atoms with E-state index in [9.17, 15) is 14.0 Å². The van der Waals surface area contributed by atoms with E-state index < -0.39 is 23.8 Å².